The zero-order valence-corrected chi connectivity index (χ0v) is 12.1. The van der Waals surface area contributed by atoms with E-state index in [0.29, 0.717) is 0 Å². The van der Waals surface area contributed by atoms with Crippen LogP contribution in [-0.4, -0.2) is 36.1 Å². The van der Waals surface area contributed by atoms with Gasteiger partial charge in [0.2, 0.25) is 0 Å². The fourth-order valence-electron chi connectivity index (χ4n) is 3.70. The maximum atomic E-state index is 3.67. The summed E-state index contributed by atoms with van der Waals surface area (Å²) in [6.07, 6.45) is 5.59. The molecule has 1 heterocycles. The van der Waals surface area contributed by atoms with E-state index >= 15 is 0 Å². The van der Waals surface area contributed by atoms with Gasteiger partial charge in [-0.2, -0.15) is 0 Å². The number of hydrogen-bond donors (Lipinski definition) is 1. The minimum absolute atomic E-state index is 0.289. The topological polar surface area (TPSA) is 15.3 Å². The van der Waals surface area contributed by atoms with Gasteiger partial charge in [-0.25, -0.2) is 0 Å². The third-order valence-corrected chi connectivity index (χ3v) is 4.96. The minimum atomic E-state index is 0.289. The van der Waals surface area contributed by atoms with Crippen molar-refractivity contribution in [3.8, 4) is 0 Å². The number of nitrogens with zero attached hydrogens (tertiary/aromatic N) is 1. The van der Waals surface area contributed by atoms with Crippen LogP contribution in [0, 0.1) is 11.8 Å². The molecule has 1 N–H and O–H groups in total. The van der Waals surface area contributed by atoms with Crippen LogP contribution in [0.15, 0.2) is 0 Å². The van der Waals surface area contributed by atoms with Gasteiger partial charge in [0.1, 0.15) is 0 Å². The summed E-state index contributed by atoms with van der Waals surface area (Å²) in [4.78, 5) is 2.78. The van der Waals surface area contributed by atoms with Gasteiger partial charge in [-0.15, -0.1) is 0 Å². The van der Waals surface area contributed by atoms with E-state index in [-0.39, 0.29) is 5.54 Å². The monoisotopic (exact) mass is 238 g/mol. The molecular weight excluding hydrogens is 208 g/mol. The molecular formula is C15H30N2. The summed E-state index contributed by atoms with van der Waals surface area (Å²) in [5, 5.41) is 3.67. The highest BCUT2D eigenvalue weighted by Gasteiger charge is 2.34. The predicted molar refractivity (Wildman–Crippen MR) is 74.2 cm³/mol. The second-order valence-corrected chi connectivity index (χ2v) is 6.97. The molecule has 17 heavy (non-hydrogen) atoms. The Hall–Kier alpha value is -0.0800. The molecule has 0 aromatic carbocycles. The Labute approximate surface area is 107 Å². The Morgan fingerprint density at radius 2 is 1.88 bits per heavy atom. The predicted octanol–water partition coefficient (Wildman–Crippen LogP) is 2.89. The van der Waals surface area contributed by atoms with E-state index in [9.17, 15) is 0 Å². The number of rotatable bonds is 1. The lowest BCUT2D eigenvalue weighted by Gasteiger charge is -2.43. The van der Waals surface area contributed by atoms with Crippen molar-refractivity contribution in [3.05, 3.63) is 0 Å². The van der Waals surface area contributed by atoms with Crippen LogP contribution in [0.2, 0.25) is 0 Å². The summed E-state index contributed by atoms with van der Waals surface area (Å²) in [6, 6.07) is 0.831. The van der Waals surface area contributed by atoms with Crippen LogP contribution in [0.3, 0.4) is 0 Å². The van der Waals surface area contributed by atoms with Gasteiger partial charge in [-0.3, -0.25) is 4.90 Å². The summed E-state index contributed by atoms with van der Waals surface area (Å²) in [5.41, 5.74) is 0.289. The molecule has 0 spiro atoms. The molecule has 1 aliphatic carbocycles. The molecule has 2 fully saturated rings. The van der Waals surface area contributed by atoms with E-state index in [1.54, 1.807) is 0 Å². The average molecular weight is 238 g/mol. The van der Waals surface area contributed by atoms with Crippen molar-refractivity contribution in [2.24, 2.45) is 11.8 Å². The van der Waals surface area contributed by atoms with Crippen molar-refractivity contribution >= 4 is 0 Å². The Bertz CT molecular complexity index is 249. The van der Waals surface area contributed by atoms with E-state index in [0.717, 1.165) is 17.9 Å². The van der Waals surface area contributed by atoms with Crippen molar-refractivity contribution in [1.29, 1.82) is 0 Å². The maximum Gasteiger partial charge on any atom is 0.0252 e. The van der Waals surface area contributed by atoms with E-state index in [1.807, 2.05) is 0 Å². The molecule has 0 aromatic heterocycles. The van der Waals surface area contributed by atoms with Gasteiger partial charge >= 0.3 is 0 Å². The molecule has 2 nitrogen and oxygen atoms in total. The first-order valence-corrected chi connectivity index (χ1v) is 7.49. The zero-order valence-electron chi connectivity index (χ0n) is 12.1. The number of nitrogens with one attached hydrogen (secondary N) is 1. The van der Waals surface area contributed by atoms with Crippen LogP contribution in [0.25, 0.3) is 0 Å². The smallest absolute Gasteiger partial charge is 0.0252 e. The fraction of sp³-hybridized carbons (Fsp3) is 1.00. The van der Waals surface area contributed by atoms with Crippen LogP contribution in [-0.2, 0) is 0 Å². The van der Waals surface area contributed by atoms with Crippen LogP contribution >= 0.6 is 0 Å². The molecule has 1 saturated carbocycles. The highest BCUT2D eigenvalue weighted by atomic mass is 15.2. The van der Waals surface area contributed by atoms with Gasteiger partial charge in [-0.05, 0) is 51.6 Å². The highest BCUT2D eigenvalue weighted by molar-refractivity contribution is 4.91. The molecule has 1 saturated heterocycles. The Morgan fingerprint density at radius 1 is 1.12 bits per heavy atom. The molecule has 2 aliphatic rings. The molecule has 2 rings (SSSR count). The van der Waals surface area contributed by atoms with Crippen molar-refractivity contribution in [3.63, 3.8) is 0 Å². The van der Waals surface area contributed by atoms with E-state index in [1.165, 1.54) is 45.3 Å². The lowest BCUT2D eigenvalue weighted by Crippen LogP contribution is -2.52. The van der Waals surface area contributed by atoms with Crippen molar-refractivity contribution in [2.75, 3.05) is 19.6 Å². The standard InChI is InChI=1S/C15H30N2/c1-12-7-5-8-14(13(12)2)17-10-6-9-16-15(3,4)11-17/h12-14,16H,5-11H2,1-4H3. The van der Waals surface area contributed by atoms with Crippen LogP contribution < -0.4 is 5.32 Å². The second kappa shape index (κ2) is 5.27. The Morgan fingerprint density at radius 3 is 2.65 bits per heavy atom. The molecule has 0 radical (unpaired) electrons. The van der Waals surface area contributed by atoms with Gasteiger partial charge in [0.15, 0.2) is 0 Å². The van der Waals surface area contributed by atoms with E-state index in [2.05, 4.69) is 37.9 Å². The average Bonchev–Trinajstić information content (AvgIpc) is 2.43. The summed E-state index contributed by atoms with van der Waals surface area (Å²) in [5.74, 6) is 1.78. The third-order valence-electron chi connectivity index (χ3n) is 4.96. The van der Waals surface area contributed by atoms with E-state index < -0.39 is 0 Å². The lowest BCUT2D eigenvalue weighted by atomic mass is 9.77. The third kappa shape index (κ3) is 3.23. The quantitative estimate of drug-likeness (QED) is 0.755. The molecule has 3 unspecified atom stereocenters. The summed E-state index contributed by atoms with van der Waals surface area (Å²) in [6.45, 7) is 13.3. The first kappa shape index (κ1) is 13.4. The van der Waals surface area contributed by atoms with Crippen molar-refractivity contribution < 1.29 is 0 Å². The Kier molecular flexibility index (Phi) is 4.14. The van der Waals surface area contributed by atoms with Crippen LogP contribution in [0.5, 0.6) is 0 Å². The molecule has 2 heteroatoms. The van der Waals surface area contributed by atoms with Gasteiger partial charge < -0.3 is 5.32 Å². The molecule has 3 atom stereocenters. The fourth-order valence-corrected chi connectivity index (χ4v) is 3.70. The molecule has 0 aromatic rings. The molecule has 100 valence electrons. The van der Waals surface area contributed by atoms with E-state index in [4.69, 9.17) is 0 Å². The van der Waals surface area contributed by atoms with Gasteiger partial charge in [0.05, 0.1) is 0 Å². The molecule has 1 aliphatic heterocycles. The summed E-state index contributed by atoms with van der Waals surface area (Å²) < 4.78 is 0. The first-order valence-electron chi connectivity index (χ1n) is 7.49. The molecule has 0 bridgehead atoms. The highest BCUT2D eigenvalue weighted by Crippen LogP contribution is 2.33. The number of hydrogen-bond acceptors (Lipinski definition) is 2. The molecule has 0 amide bonds. The largest absolute Gasteiger partial charge is 0.310 e. The maximum absolute atomic E-state index is 3.67. The van der Waals surface area contributed by atoms with Gasteiger partial charge in [0, 0.05) is 18.1 Å². The van der Waals surface area contributed by atoms with Crippen molar-refractivity contribution in [2.45, 2.75) is 65.0 Å². The van der Waals surface area contributed by atoms with Gasteiger partial charge in [0.25, 0.3) is 0 Å². The van der Waals surface area contributed by atoms with Crippen LogP contribution in [0.4, 0.5) is 0 Å². The second-order valence-electron chi connectivity index (χ2n) is 6.97. The van der Waals surface area contributed by atoms with Crippen molar-refractivity contribution in [1.82, 2.24) is 10.2 Å². The SMILES string of the molecule is CC1CCCC(N2CCCNC(C)(C)C2)C1C. The van der Waals surface area contributed by atoms with Gasteiger partial charge in [-0.1, -0.05) is 26.7 Å². The summed E-state index contributed by atoms with van der Waals surface area (Å²) >= 11 is 0. The van der Waals surface area contributed by atoms with Crippen LogP contribution in [0.1, 0.15) is 53.4 Å². The Balaban J connectivity index is 2.04. The normalized spacial score (nSPS) is 39.9. The summed E-state index contributed by atoms with van der Waals surface area (Å²) in [7, 11) is 0. The minimum Gasteiger partial charge on any atom is -0.310 e. The lowest BCUT2D eigenvalue weighted by molar-refractivity contribution is 0.0704. The zero-order chi connectivity index (χ0) is 12.5. The first-order chi connectivity index (χ1) is 7.99.